The smallest absolute Gasteiger partial charge is 0.269 e. The molecule has 0 unspecified atom stereocenters. The van der Waals surface area contributed by atoms with Gasteiger partial charge in [0.1, 0.15) is 5.75 Å². The molecule has 0 radical (unpaired) electrons. The molecule has 2 aromatic carbocycles. The van der Waals surface area contributed by atoms with E-state index in [1.807, 2.05) is 27.7 Å². The van der Waals surface area contributed by atoms with Gasteiger partial charge in [-0.1, -0.05) is 27.7 Å². The number of nitro benzene ring substituents is 1. The molecule has 0 saturated heterocycles. The maximum atomic E-state index is 10.5. The van der Waals surface area contributed by atoms with Gasteiger partial charge in [-0.05, 0) is 36.4 Å². The minimum Gasteiger partial charge on any atom is -0.508 e. The topological polar surface area (TPSA) is 123 Å². The van der Waals surface area contributed by atoms with Crippen molar-refractivity contribution in [3.05, 3.63) is 58.6 Å². The number of rotatable bonds is 3. The second-order valence-corrected chi connectivity index (χ2v) is 3.49. The number of phenols is 1. The van der Waals surface area contributed by atoms with Crippen LogP contribution in [-0.4, -0.2) is 10.0 Å². The first kappa shape index (κ1) is 22.5. The molecule has 0 heterocycles. The minimum atomic E-state index is -0.471. The number of nitrogens with zero attached hydrogens (tertiary/aromatic N) is 3. The first-order valence-corrected chi connectivity index (χ1v) is 7.10. The lowest BCUT2D eigenvalue weighted by molar-refractivity contribution is -0.384. The van der Waals surface area contributed by atoms with Crippen molar-refractivity contribution in [2.45, 2.75) is 27.7 Å². The van der Waals surface area contributed by atoms with E-state index in [0.717, 1.165) is 0 Å². The molecule has 7 heteroatoms. The summed E-state index contributed by atoms with van der Waals surface area (Å²) >= 11 is 0. The molecular weight excluding hydrogens is 296 g/mol. The van der Waals surface area contributed by atoms with Crippen LogP contribution < -0.4 is 6.15 Å². The molecule has 0 aliphatic carbocycles. The first-order chi connectivity index (χ1) is 10.6. The molecule has 2 rings (SSSR count). The van der Waals surface area contributed by atoms with E-state index < -0.39 is 4.92 Å². The van der Waals surface area contributed by atoms with Crippen LogP contribution in [0.5, 0.6) is 5.75 Å². The molecule has 0 saturated carbocycles. The zero-order chi connectivity index (χ0) is 17.0. The van der Waals surface area contributed by atoms with Crippen LogP contribution in [0.3, 0.4) is 0 Å². The van der Waals surface area contributed by atoms with Gasteiger partial charge in [-0.3, -0.25) is 10.1 Å². The van der Waals surface area contributed by atoms with Gasteiger partial charge in [0, 0.05) is 12.1 Å². The van der Waals surface area contributed by atoms with Gasteiger partial charge in [0.25, 0.3) is 5.69 Å². The Labute approximate surface area is 136 Å². The van der Waals surface area contributed by atoms with E-state index in [1.54, 1.807) is 12.1 Å². The second-order valence-electron chi connectivity index (χ2n) is 3.49. The predicted octanol–water partition coefficient (Wildman–Crippen LogP) is 5.93. The number of aromatic hydroxyl groups is 1. The Morgan fingerprint density at radius 2 is 1.17 bits per heavy atom. The molecule has 23 heavy (non-hydrogen) atoms. The zero-order valence-corrected chi connectivity index (χ0v) is 13.9. The molecule has 2 aromatic rings. The Hall–Kier alpha value is -2.80. The Morgan fingerprint density at radius 3 is 1.52 bits per heavy atom. The minimum absolute atomic E-state index is 0. The summed E-state index contributed by atoms with van der Waals surface area (Å²) in [5, 5.41) is 27.4. The highest BCUT2D eigenvalue weighted by atomic mass is 16.6. The average molecular weight is 320 g/mol. The normalized spacial score (nSPS) is 8.87. The summed E-state index contributed by atoms with van der Waals surface area (Å²) in [5.74, 6) is 0.157. The van der Waals surface area contributed by atoms with Gasteiger partial charge in [-0.2, -0.15) is 10.2 Å². The number of phenolic OH excluding ortho intramolecular Hbond substituents is 1. The lowest BCUT2D eigenvalue weighted by Gasteiger charge is -1.94. The van der Waals surface area contributed by atoms with E-state index in [9.17, 15) is 10.1 Å². The molecule has 0 aliphatic heterocycles. The van der Waals surface area contributed by atoms with Gasteiger partial charge in [-0.25, -0.2) is 0 Å². The summed E-state index contributed by atoms with van der Waals surface area (Å²) in [6.07, 6.45) is 0. The van der Waals surface area contributed by atoms with E-state index in [0.29, 0.717) is 11.4 Å². The van der Waals surface area contributed by atoms with Crippen molar-refractivity contribution in [3.8, 4) is 5.75 Å². The number of non-ortho nitro benzene ring substituents is 1. The van der Waals surface area contributed by atoms with E-state index in [4.69, 9.17) is 5.11 Å². The lowest BCUT2D eigenvalue weighted by Crippen LogP contribution is -1.85. The number of benzene rings is 2. The Morgan fingerprint density at radius 1 is 0.826 bits per heavy atom. The summed E-state index contributed by atoms with van der Waals surface area (Å²) in [6, 6.07) is 12.0. The third-order valence-electron chi connectivity index (χ3n) is 2.19. The molecule has 0 aromatic heterocycles. The molecule has 0 aliphatic rings. The number of hydrogen-bond acceptors (Lipinski definition) is 6. The van der Waals surface area contributed by atoms with Crippen LogP contribution in [0.25, 0.3) is 0 Å². The van der Waals surface area contributed by atoms with Gasteiger partial charge < -0.3 is 11.3 Å². The molecule has 7 nitrogen and oxygen atoms in total. The highest BCUT2D eigenvalue weighted by molar-refractivity contribution is 5.45. The maximum absolute atomic E-state index is 10.5. The molecule has 0 atom stereocenters. The van der Waals surface area contributed by atoms with Crippen molar-refractivity contribution in [2.24, 2.45) is 10.2 Å². The van der Waals surface area contributed by atoms with Crippen molar-refractivity contribution in [3.63, 3.8) is 0 Å². The lowest BCUT2D eigenvalue weighted by atomic mass is 10.3. The number of hydrogen-bond donors (Lipinski definition) is 2. The SMILES string of the molecule is CC.CC.N.O=[N+]([O-])c1ccc(N=Nc2ccc(O)cc2)cc1. The van der Waals surface area contributed by atoms with Crippen LogP contribution in [0.15, 0.2) is 58.8 Å². The van der Waals surface area contributed by atoms with Crippen LogP contribution in [0.4, 0.5) is 17.1 Å². The first-order valence-electron chi connectivity index (χ1n) is 7.10. The van der Waals surface area contributed by atoms with E-state index in [1.165, 1.54) is 36.4 Å². The largest absolute Gasteiger partial charge is 0.508 e. The third-order valence-corrected chi connectivity index (χ3v) is 2.19. The van der Waals surface area contributed by atoms with Crippen molar-refractivity contribution in [2.75, 3.05) is 0 Å². The molecular formula is C16H24N4O3. The summed E-state index contributed by atoms with van der Waals surface area (Å²) in [5.41, 5.74) is 1.12. The maximum Gasteiger partial charge on any atom is 0.269 e. The highest BCUT2D eigenvalue weighted by Gasteiger charge is 2.02. The fraction of sp³-hybridized carbons (Fsp3) is 0.250. The number of nitro groups is 1. The quantitative estimate of drug-likeness (QED) is 0.413. The van der Waals surface area contributed by atoms with Gasteiger partial charge in [0.05, 0.1) is 16.3 Å². The molecule has 0 amide bonds. The van der Waals surface area contributed by atoms with Crippen LogP contribution in [0, 0.1) is 10.1 Å². The fourth-order valence-corrected chi connectivity index (χ4v) is 1.28. The molecule has 4 N–H and O–H groups in total. The molecule has 0 fully saturated rings. The summed E-state index contributed by atoms with van der Waals surface area (Å²) < 4.78 is 0. The standard InChI is InChI=1S/C12H9N3O3.2C2H6.H3N/c16-12-7-3-10(4-8-12)14-13-9-1-5-11(6-2-9)15(17)18;2*1-2;/h1-8,16H;2*1-2H3;1H3. The van der Waals surface area contributed by atoms with Gasteiger partial charge >= 0.3 is 0 Å². The predicted molar refractivity (Wildman–Crippen MR) is 93.1 cm³/mol. The molecule has 0 bridgehead atoms. The van der Waals surface area contributed by atoms with Crippen LogP contribution in [0.1, 0.15) is 27.7 Å². The van der Waals surface area contributed by atoms with E-state index >= 15 is 0 Å². The molecule has 0 spiro atoms. The van der Waals surface area contributed by atoms with Gasteiger partial charge in [0.2, 0.25) is 0 Å². The number of azo groups is 1. The summed E-state index contributed by atoms with van der Waals surface area (Å²) in [7, 11) is 0. The summed E-state index contributed by atoms with van der Waals surface area (Å²) in [4.78, 5) is 9.98. The Kier molecular flexibility index (Phi) is 12.6. The van der Waals surface area contributed by atoms with Crippen LogP contribution in [0.2, 0.25) is 0 Å². The second kappa shape index (κ2) is 12.9. The zero-order valence-electron chi connectivity index (χ0n) is 13.9. The van der Waals surface area contributed by atoms with Crippen LogP contribution >= 0.6 is 0 Å². The van der Waals surface area contributed by atoms with Crippen LogP contribution in [-0.2, 0) is 0 Å². The van der Waals surface area contributed by atoms with Crippen molar-refractivity contribution < 1.29 is 10.0 Å². The summed E-state index contributed by atoms with van der Waals surface area (Å²) in [6.45, 7) is 8.00. The highest BCUT2D eigenvalue weighted by Crippen LogP contribution is 2.22. The molecule has 126 valence electrons. The van der Waals surface area contributed by atoms with Gasteiger partial charge in [0.15, 0.2) is 0 Å². The Bertz CT molecular complexity index is 581. The fourth-order valence-electron chi connectivity index (χ4n) is 1.28. The van der Waals surface area contributed by atoms with Crippen molar-refractivity contribution in [1.29, 1.82) is 0 Å². The van der Waals surface area contributed by atoms with E-state index in [2.05, 4.69) is 10.2 Å². The van der Waals surface area contributed by atoms with Crippen molar-refractivity contribution in [1.82, 2.24) is 6.15 Å². The Balaban J connectivity index is 0. The van der Waals surface area contributed by atoms with Crippen molar-refractivity contribution >= 4 is 17.1 Å². The van der Waals surface area contributed by atoms with Gasteiger partial charge in [-0.15, -0.1) is 0 Å². The average Bonchev–Trinajstić information content (AvgIpc) is 2.58. The monoisotopic (exact) mass is 320 g/mol. The van der Waals surface area contributed by atoms with E-state index in [-0.39, 0.29) is 17.6 Å². The third kappa shape index (κ3) is 8.27.